The number of carbonyl (C=O) groups excluding carboxylic acids is 1. The van der Waals surface area contributed by atoms with Gasteiger partial charge in [0, 0.05) is 30.5 Å². The first-order chi connectivity index (χ1) is 9.63. The molecule has 1 aromatic heterocycles. The van der Waals surface area contributed by atoms with Gasteiger partial charge in [0.25, 0.3) is 0 Å². The van der Waals surface area contributed by atoms with Crippen molar-refractivity contribution in [3.05, 3.63) is 59.9 Å². The maximum atomic E-state index is 11.6. The van der Waals surface area contributed by atoms with Crippen molar-refractivity contribution < 1.29 is 4.79 Å². The fourth-order valence-corrected chi connectivity index (χ4v) is 1.95. The Bertz CT molecular complexity index is 550. The minimum Gasteiger partial charge on any atom is -0.327 e. The Hall–Kier alpha value is -2.20. The molecular formula is C16H19N3O. The number of nitrogens with zero attached hydrogens (tertiary/aromatic N) is 1. The van der Waals surface area contributed by atoms with E-state index in [-0.39, 0.29) is 11.9 Å². The quantitative estimate of drug-likeness (QED) is 0.875. The van der Waals surface area contributed by atoms with Gasteiger partial charge < -0.3 is 11.1 Å². The summed E-state index contributed by atoms with van der Waals surface area (Å²) >= 11 is 0. The third-order valence-corrected chi connectivity index (χ3v) is 2.90. The molecule has 0 saturated heterocycles. The summed E-state index contributed by atoms with van der Waals surface area (Å²) in [7, 11) is 0. The predicted molar refractivity (Wildman–Crippen MR) is 80.4 cm³/mol. The molecule has 0 aliphatic carbocycles. The first-order valence-corrected chi connectivity index (χ1v) is 6.67. The summed E-state index contributed by atoms with van der Waals surface area (Å²) < 4.78 is 0. The Kier molecular flexibility index (Phi) is 4.85. The van der Waals surface area contributed by atoms with Gasteiger partial charge in [-0.3, -0.25) is 9.78 Å². The lowest BCUT2D eigenvalue weighted by atomic mass is 10.1. The Morgan fingerprint density at radius 1 is 1.15 bits per heavy atom. The Balaban J connectivity index is 1.94. The minimum atomic E-state index is -0.124. The van der Waals surface area contributed by atoms with Gasteiger partial charge in [0.2, 0.25) is 5.91 Å². The van der Waals surface area contributed by atoms with Crippen molar-refractivity contribution in [1.29, 1.82) is 0 Å². The number of rotatable bonds is 5. The van der Waals surface area contributed by atoms with Crippen LogP contribution >= 0.6 is 0 Å². The van der Waals surface area contributed by atoms with Crippen LogP contribution in [0.2, 0.25) is 0 Å². The number of pyridine rings is 1. The second-order valence-corrected chi connectivity index (χ2v) is 4.96. The van der Waals surface area contributed by atoms with E-state index < -0.39 is 0 Å². The smallest absolute Gasteiger partial charge is 0.225 e. The fraction of sp³-hybridized carbons (Fsp3) is 0.250. The summed E-state index contributed by atoms with van der Waals surface area (Å²) in [5.41, 5.74) is 8.80. The van der Waals surface area contributed by atoms with E-state index in [0.717, 1.165) is 12.1 Å². The van der Waals surface area contributed by atoms with Crippen LogP contribution in [-0.2, 0) is 11.2 Å². The molecule has 0 fully saturated rings. The Labute approximate surface area is 119 Å². The summed E-state index contributed by atoms with van der Waals surface area (Å²) in [4.78, 5) is 15.6. The van der Waals surface area contributed by atoms with Crippen molar-refractivity contribution >= 4 is 11.6 Å². The lowest BCUT2D eigenvalue weighted by molar-refractivity contribution is -0.116. The highest BCUT2D eigenvalue weighted by Crippen LogP contribution is 2.13. The van der Waals surface area contributed by atoms with Gasteiger partial charge in [-0.1, -0.05) is 12.1 Å². The third-order valence-electron chi connectivity index (χ3n) is 2.90. The number of amides is 1. The molecule has 0 saturated carbocycles. The van der Waals surface area contributed by atoms with Gasteiger partial charge in [0.1, 0.15) is 0 Å². The highest BCUT2D eigenvalue weighted by molar-refractivity contribution is 5.91. The maximum absolute atomic E-state index is 11.6. The van der Waals surface area contributed by atoms with Crippen LogP contribution in [0.4, 0.5) is 5.69 Å². The predicted octanol–water partition coefficient (Wildman–Crippen LogP) is 2.35. The van der Waals surface area contributed by atoms with Crippen LogP contribution in [-0.4, -0.2) is 16.9 Å². The summed E-state index contributed by atoms with van der Waals surface area (Å²) in [5.74, 6) is -0.0538. The second-order valence-electron chi connectivity index (χ2n) is 4.96. The van der Waals surface area contributed by atoms with Crippen LogP contribution in [0.3, 0.4) is 0 Å². The first kappa shape index (κ1) is 14.2. The van der Waals surface area contributed by atoms with Crippen LogP contribution in [0.25, 0.3) is 0 Å². The van der Waals surface area contributed by atoms with Gasteiger partial charge in [-0.25, -0.2) is 0 Å². The lowest BCUT2D eigenvalue weighted by Crippen LogP contribution is -2.23. The number of anilines is 1. The van der Waals surface area contributed by atoms with Gasteiger partial charge in [0.05, 0.1) is 0 Å². The maximum Gasteiger partial charge on any atom is 0.225 e. The van der Waals surface area contributed by atoms with E-state index in [4.69, 9.17) is 5.73 Å². The Morgan fingerprint density at radius 3 is 2.35 bits per heavy atom. The molecule has 0 aliphatic rings. The number of hydrogen-bond donors (Lipinski definition) is 2. The molecule has 1 unspecified atom stereocenters. The van der Waals surface area contributed by atoms with Crippen LogP contribution in [0.15, 0.2) is 48.8 Å². The molecule has 104 valence electrons. The zero-order valence-corrected chi connectivity index (χ0v) is 11.5. The molecule has 1 heterocycles. The topological polar surface area (TPSA) is 68.0 Å². The molecule has 2 rings (SSSR count). The molecule has 1 amide bonds. The molecule has 20 heavy (non-hydrogen) atoms. The summed E-state index contributed by atoms with van der Waals surface area (Å²) in [5, 5.41) is 2.84. The molecule has 1 aromatic carbocycles. The van der Waals surface area contributed by atoms with Crippen molar-refractivity contribution in [2.75, 3.05) is 5.32 Å². The SMILES string of the molecule is CC(N)CC(=O)Nc1ccc(Cc2ccncc2)cc1. The number of hydrogen-bond acceptors (Lipinski definition) is 3. The number of aromatic nitrogens is 1. The van der Waals surface area contributed by atoms with E-state index in [1.165, 1.54) is 11.1 Å². The zero-order chi connectivity index (χ0) is 14.4. The normalized spacial score (nSPS) is 11.9. The molecule has 4 nitrogen and oxygen atoms in total. The molecule has 3 N–H and O–H groups in total. The van der Waals surface area contributed by atoms with Crippen molar-refractivity contribution in [2.24, 2.45) is 5.73 Å². The van der Waals surface area contributed by atoms with Gasteiger partial charge >= 0.3 is 0 Å². The monoisotopic (exact) mass is 269 g/mol. The number of nitrogens with one attached hydrogen (secondary N) is 1. The van der Waals surface area contributed by atoms with E-state index in [1.807, 2.05) is 43.3 Å². The molecule has 0 aliphatic heterocycles. The van der Waals surface area contributed by atoms with E-state index >= 15 is 0 Å². The van der Waals surface area contributed by atoms with Crippen molar-refractivity contribution in [3.63, 3.8) is 0 Å². The largest absolute Gasteiger partial charge is 0.327 e. The van der Waals surface area contributed by atoms with Crippen LogP contribution in [0.1, 0.15) is 24.5 Å². The number of carbonyl (C=O) groups is 1. The zero-order valence-electron chi connectivity index (χ0n) is 11.5. The van der Waals surface area contributed by atoms with Gasteiger partial charge in [0.15, 0.2) is 0 Å². The van der Waals surface area contributed by atoms with E-state index in [9.17, 15) is 4.79 Å². The molecule has 2 aromatic rings. The third kappa shape index (κ3) is 4.48. The van der Waals surface area contributed by atoms with Crippen LogP contribution in [0.5, 0.6) is 0 Å². The molecule has 0 spiro atoms. The van der Waals surface area contributed by atoms with E-state index in [1.54, 1.807) is 12.4 Å². The molecule has 0 radical (unpaired) electrons. The highest BCUT2D eigenvalue weighted by atomic mass is 16.1. The molecule has 0 bridgehead atoms. The average molecular weight is 269 g/mol. The van der Waals surface area contributed by atoms with Gasteiger partial charge in [-0.15, -0.1) is 0 Å². The van der Waals surface area contributed by atoms with Gasteiger partial charge in [-0.2, -0.15) is 0 Å². The number of benzene rings is 1. The summed E-state index contributed by atoms with van der Waals surface area (Å²) in [6.45, 7) is 1.82. The van der Waals surface area contributed by atoms with Gasteiger partial charge in [-0.05, 0) is 48.7 Å². The molecule has 1 atom stereocenters. The second kappa shape index (κ2) is 6.82. The lowest BCUT2D eigenvalue weighted by Gasteiger charge is -2.08. The highest BCUT2D eigenvalue weighted by Gasteiger charge is 2.05. The number of nitrogens with two attached hydrogens (primary N) is 1. The molecule has 4 heteroatoms. The average Bonchev–Trinajstić information content (AvgIpc) is 2.41. The van der Waals surface area contributed by atoms with Crippen molar-refractivity contribution in [3.8, 4) is 0 Å². The fourth-order valence-electron chi connectivity index (χ4n) is 1.95. The standard InChI is InChI=1S/C16H19N3O/c1-12(17)10-16(20)19-15-4-2-13(3-5-15)11-14-6-8-18-9-7-14/h2-9,12H,10-11,17H2,1H3,(H,19,20). The first-order valence-electron chi connectivity index (χ1n) is 6.67. The van der Waals surface area contributed by atoms with E-state index in [2.05, 4.69) is 10.3 Å². The minimum absolute atomic E-state index is 0.0538. The van der Waals surface area contributed by atoms with Crippen LogP contribution < -0.4 is 11.1 Å². The van der Waals surface area contributed by atoms with E-state index in [0.29, 0.717) is 6.42 Å². The summed E-state index contributed by atoms with van der Waals surface area (Å²) in [6.07, 6.45) is 4.77. The van der Waals surface area contributed by atoms with Crippen molar-refractivity contribution in [1.82, 2.24) is 4.98 Å². The molecular weight excluding hydrogens is 250 g/mol. The Morgan fingerprint density at radius 2 is 1.75 bits per heavy atom. The van der Waals surface area contributed by atoms with Crippen molar-refractivity contribution in [2.45, 2.75) is 25.8 Å². The summed E-state index contributed by atoms with van der Waals surface area (Å²) in [6, 6.07) is 11.7. The van der Waals surface area contributed by atoms with Crippen LogP contribution in [0, 0.1) is 0 Å².